The molecule has 0 aliphatic heterocycles. The molecule has 0 aromatic heterocycles. The molecule has 2 aromatic carbocycles. The maximum absolute atomic E-state index is 6.67. The average molecular weight is 326 g/mol. The topological polar surface area (TPSA) is 0 Å². The van der Waals surface area contributed by atoms with Gasteiger partial charge in [0.25, 0.3) is 0 Å². The van der Waals surface area contributed by atoms with Crippen molar-refractivity contribution in [2.45, 2.75) is 26.1 Å². The van der Waals surface area contributed by atoms with Crippen LogP contribution in [0, 0.1) is 11.8 Å². The Morgan fingerprint density at radius 3 is 2.17 bits per heavy atom. The smallest absolute Gasteiger partial charge is 0.0619 e. The van der Waals surface area contributed by atoms with Crippen molar-refractivity contribution in [2.24, 2.45) is 11.8 Å². The molecule has 0 bridgehead atoms. The molecule has 18 heavy (non-hydrogen) atoms. The molecule has 0 amide bonds. The van der Waals surface area contributed by atoms with E-state index in [1.165, 1.54) is 16.3 Å². The Kier molecular flexibility index (Phi) is 4.34. The van der Waals surface area contributed by atoms with Crippen LogP contribution >= 0.6 is 27.5 Å². The summed E-state index contributed by atoms with van der Waals surface area (Å²) in [6, 6.07) is 12.7. The SMILES string of the molecule is CC(C)C(C)C(Cl)c1ccc(Br)c2ccccc12. The first-order valence-electron chi connectivity index (χ1n) is 6.33. The molecule has 2 unspecified atom stereocenters. The highest BCUT2D eigenvalue weighted by atomic mass is 79.9. The third-order valence-corrected chi connectivity index (χ3v) is 5.04. The van der Waals surface area contributed by atoms with Crippen molar-refractivity contribution in [3.8, 4) is 0 Å². The van der Waals surface area contributed by atoms with Gasteiger partial charge in [-0.05, 0) is 34.2 Å². The maximum atomic E-state index is 6.67. The van der Waals surface area contributed by atoms with Crippen LogP contribution in [0.2, 0.25) is 0 Å². The second-order valence-electron chi connectivity index (χ2n) is 5.19. The molecule has 0 heterocycles. The average Bonchev–Trinajstić information content (AvgIpc) is 2.38. The van der Waals surface area contributed by atoms with Crippen LogP contribution in [-0.4, -0.2) is 0 Å². The minimum absolute atomic E-state index is 0.0583. The van der Waals surface area contributed by atoms with E-state index in [-0.39, 0.29) is 5.38 Å². The molecule has 0 nitrogen and oxygen atoms in total. The van der Waals surface area contributed by atoms with E-state index in [2.05, 4.69) is 73.1 Å². The molecule has 0 fully saturated rings. The van der Waals surface area contributed by atoms with Crippen LogP contribution in [-0.2, 0) is 0 Å². The molecule has 0 radical (unpaired) electrons. The molecule has 0 aliphatic carbocycles. The minimum Gasteiger partial charge on any atom is -0.117 e. The number of fused-ring (bicyclic) bond motifs is 1. The van der Waals surface area contributed by atoms with E-state index >= 15 is 0 Å². The van der Waals surface area contributed by atoms with Gasteiger partial charge in [0, 0.05) is 4.47 Å². The zero-order valence-electron chi connectivity index (χ0n) is 11.0. The summed E-state index contributed by atoms with van der Waals surface area (Å²) < 4.78 is 1.13. The van der Waals surface area contributed by atoms with Gasteiger partial charge in [0.2, 0.25) is 0 Å². The van der Waals surface area contributed by atoms with Crippen LogP contribution in [0.5, 0.6) is 0 Å². The molecule has 0 aliphatic rings. The van der Waals surface area contributed by atoms with Gasteiger partial charge in [0.1, 0.15) is 0 Å². The third-order valence-electron chi connectivity index (χ3n) is 3.71. The first-order valence-corrected chi connectivity index (χ1v) is 7.56. The summed E-state index contributed by atoms with van der Waals surface area (Å²) in [5.74, 6) is 1.03. The predicted octanol–water partition coefficient (Wildman–Crippen LogP) is 6.17. The summed E-state index contributed by atoms with van der Waals surface area (Å²) in [4.78, 5) is 0. The van der Waals surface area contributed by atoms with Crippen molar-refractivity contribution in [3.63, 3.8) is 0 Å². The van der Waals surface area contributed by atoms with Gasteiger partial charge in [-0.15, -0.1) is 11.6 Å². The zero-order valence-corrected chi connectivity index (χ0v) is 13.3. The zero-order chi connectivity index (χ0) is 13.3. The first kappa shape index (κ1) is 13.9. The first-order chi connectivity index (χ1) is 8.52. The van der Waals surface area contributed by atoms with Crippen molar-refractivity contribution < 1.29 is 0 Å². The van der Waals surface area contributed by atoms with E-state index in [4.69, 9.17) is 11.6 Å². The lowest BCUT2D eigenvalue weighted by Crippen LogP contribution is -2.11. The van der Waals surface area contributed by atoms with E-state index in [0.29, 0.717) is 11.8 Å². The van der Waals surface area contributed by atoms with Crippen molar-refractivity contribution >= 4 is 38.3 Å². The number of benzene rings is 2. The van der Waals surface area contributed by atoms with E-state index in [0.717, 1.165) is 4.47 Å². The molecule has 2 rings (SSSR count). The Morgan fingerprint density at radius 1 is 0.944 bits per heavy atom. The monoisotopic (exact) mass is 324 g/mol. The van der Waals surface area contributed by atoms with Gasteiger partial charge in [0.15, 0.2) is 0 Å². The lowest BCUT2D eigenvalue weighted by molar-refractivity contribution is 0.407. The second-order valence-corrected chi connectivity index (χ2v) is 6.51. The van der Waals surface area contributed by atoms with Crippen LogP contribution in [0.3, 0.4) is 0 Å². The lowest BCUT2D eigenvalue weighted by Gasteiger charge is -2.23. The lowest BCUT2D eigenvalue weighted by atomic mass is 9.88. The molecule has 2 aromatic rings. The van der Waals surface area contributed by atoms with E-state index < -0.39 is 0 Å². The van der Waals surface area contributed by atoms with Gasteiger partial charge in [-0.25, -0.2) is 0 Å². The fraction of sp³-hybridized carbons (Fsp3) is 0.375. The molecule has 0 N–H and O–H groups in total. The number of hydrogen-bond donors (Lipinski definition) is 0. The van der Waals surface area contributed by atoms with Crippen LogP contribution in [0.4, 0.5) is 0 Å². The fourth-order valence-electron chi connectivity index (χ4n) is 2.15. The summed E-state index contributed by atoms with van der Waals surface area (Å²) in [7, 11) is 0. The second kappa shape index (κ2) is 5.63. The Hall–Kier alpha value is -0.530. The summed E-state index contributed by atoms with van der Waals surface area (Å²) in [6.45, 7) is 6.67. The summed E-state index contributed by atoms with van der Waals surface area (Å²) in [5.41, 5.74) is 1.23. The summed E-state index contributed by atoms with van der Waals surface area (Å²) in [6.07, 6.45) is 0. The van der Waals surface area contributed by atoms with Crippen molar-refractivity contribution in [1.29, 1.82) is 0 Å². The van der Waals surface area contributed by atoms with Crippen molar-refractivity contribution in [2.75, 3.05) is 0 Å². The van der Waals surface area contributed by atoms with Gasteiger partial charge in [0.05, 0.1) is 5.38 Å². The molecule has 2 heteroatoms. The summed E-state index contributed by atoms with van der Waals surface area (Å²) in [5, 5.41) is 2.54. The predicted molar refractivity (Wildman–Crippen MR) is 84.2 cm³/mol. The quantitative estimate of drug-likeness (QED) is 0.592. The third kappa shape index (κ3) is 2.57. The Labute approximate surface area is 122 Å². The minimum atomic E-state index is 0.0583. The normalized spacial score (nSPS) is 15.0. The van der Waals surface area contributed by atoms with Gasteiger partial charge in [-0.3, -0.25) is 0 Å². The maximum Gasteiger partial charge on any atom is 0.0619 e. The van der Waals surface area contributed by atoms with Crippen molar-refractivity contribution in [3.05, 3.63) is 46.4 Å². The summed E-state index contributed by atoms with van der Waals surface area (Å²) >= 11 is 10.3. The highest BCUT2D eigenvalue weighted by Gasteiger charge is 2.21. The Balaban J connectivity index is 2.55. The molecule has 0 saturated carbocycles. The van der Waals surface area contributed by atoms with Gasteiger partial charge in [-0.1, -0.05) is 67.0 Å². The molecule has 0 saturated heterocycles. The molecule has 0 spiro atoms. The largest absolute Gasteiger partial charge is 0.117 e. The molecule has 2 atom stereocenters. The van der Waals surface area contributed by atoms with Crippen LogP contribution in [0.25, 0.3) is 10.8 Å². The van der Waals surface area contributed by atoms with Crippen LogP contribution in [0.15, 0.2) is 40.9 Å². The molecular formula is C16H18BrCl. The highest BCUT2D eigenvalue weighted by Crippen LogP contribution is 2.38. The van der Waals surface area contributed by atoms with E-state index in [9.17, 15) is 0 Å². The number of rotatable bonds is 3. The molecule has 96 valence electrons. The number of alkyl halides is 1. The van der Waals surface area contributed by atoms with E-state index in [1.807, 2.05) is 0 Å². The van der Waals surface area contributed by atoms with Gasteiger partial charge in [-0.2, -0.15) is 0 Å². The van der Waals surface area contributed by atoms with Crippen LogP contribution < -0.4 is 0 Å². The fourth-order valence-corrected chi connectivity index (χ4v) is 3.11. The standard InChI is InChI=1S/C16H18BrCl/c1-10(2)11(3)16(18)14-8-9-15(17)13-7-5-4-6-12(13)14/h4-11,16H,1-3H3. The molecular weight excluding hydrogens is 308 g/mol. The van der Waals surface area contributed by atoms with Crippen LogP contribution in [0.1, 0.15) is 31.7 Å². The van der Waals surface area contributed by atoms with E-state index in [1.54, 1.807) is 0 Å². The van der Waals surface area contributed by atoms with Crippen molar-refractivity contribution in [1.82, 2.24) is 0 Å². The number of hydrogen-bond acceptors (Lipinski definition) is 0. The number of halogens is 2. The highest BCUT2D eigenvalue weighted by molar-refractivity contribution is 9.10. The Morgan fingerprint density at radius 2 is 1.56 bits per heavy atom. The Bertz CT molecular complexity index is 548. The van der Waals surface area contributed by atoms with Gasteiger partial charge < -0.3 is 0 Å². The van der Waals surface area contributed by atoms with Gasteiger partial charge >= 0.3 is 0 Å².